The highest BCUT2D eigenvalue weighted by atomic mass is 16.6. The highest BCUT2D eigenvalue weighted by Gasteiger charge is 2.15. The zero-order valence-corrected chi connectivity index (χ0v) is 12.6. The molecule has 116 valence electrons. The normalized spacial score (nSPS) is 10.9. The van der Waals surface area contributed by atoms with E-state index in [1.165, 1.54) is 12.4 Å². The fraction of sp³-hybridized carbons (Fsp3) is 0.538. The Hall–Kier alpha value is -2.38. The average molecular weight is 296 g/mol. The first-order valence-corrected chi connectivity index (χ1v) is 6.42. The quantitative estimate of drug-likeness (QED) is 0.839. The molecule has 0 aliphatic heterocycles. The van der Waals surface area contributed by atoms with E-state index in [2.05, 4.69) is 15.3 Å². The number of anilines is 1. The molecule has 8 heteroatoms. The summed E-state index contributed by atoms with van der Waals surface area (Å²) in [7, 11) is 1.74. The molecular formula is C13H20N4O4. The Morgan fingerprint density at radius 1 is 1.33 bits per heavy atom. The van der Waals surface area contributed by atoms with Crippen molar-refractivity contribution in [1.82, 2.24) is 15.3 Å². The minimum atomic E-state index is -1.07. The van der Waals surface area contributed by atoms with Crippen LogP contribution in [0.1, 0.15) is 31.1 Å². The van der Waals surface area contributed by atoms with E-state index in [0.29, 0.717) is 19.0 Å². The third-order valence-corrected chi connectivity index (χ3v) is 2.34. The Balaban J connectivity index is 2.42. The molecule has 0 bridgehead atoms. The third kappa shape index (κ3) is 6.07. The van der Waals surface area contributed by atoms with Crippen LogP contribution in [-0.2, 0) is 4.74 Å². The lowest BCUT2D eigenvalue weighted by Crippen LogP contribution is -2.37. The zero-order valence-electron chi connectivity index (χ0n) is 12.6. The van der Waals surface area contributed by atoms with Gasteiger partial charge in [0.15, 0.2) is 0 Å². The highest BCUT2D eigenvalue weighted by Crippen LogP contribution is 2.07. The number of carbonyl (C=O) groups is 2. The molecule has 1 rings (SSSR count). The Kier molecular flexibility index (Phi) is 5.45. The fourth-order valence-electron chi connectivity index (χ4n) is 1.37. The van der Waals surface area contributed by atoms with E-state index in [-0.39, 0.29) is 5.56 Å². The summed E-state index contributed by atoms with van der Waals surface area (Å²) in [4.78, 5) is 31.7. The van der Waals surface area contributed by atoms with Crippen molar-refractivity contribution in [3.05, 3.63) is 18.0 Å². The number of hydrogen-bond donors (Lipinski definition) is 2. The predicted octanol–water partition coefficient (Wildman–Crippen LogP) is 1.14. The fourth-order valence-corrected chi connectivity index (χ4v) is 1.37. The number of likely N-dealkylation sites (N-methyl/N-ethyl adjacent to an activating group) is 1. The number of hydrogen-bond acceptors (Lipinski definition) is 6. The Morgan fingerprint density at radius 3 is 2.38 bits per heavy atom. The van der Waals surface area contributed by atoms with Gasteiger partial charge in [-0.05, 0) is 20.8 Å². The minimum Gasteiger partial charge on any atom is -0.478 e. The van der Waals surface area contributed by atoms with Crippen LogP contribution in [0.5, 0.6) is 0 Å². The molecule has 1 amide bonds. The summed E-state index contributed by atoms with van der Waals surface area (Å²) in [5.41, 5.74) is -0.509. The van der Waals surface area contributed by atoms with Gasteiger partial charge >= 0.3 is 12.1 Å². The molecule has 1 aromatic heterocycles. The van der Waals surface area contributed by atoms with Crippen LogP contribution in [-0.4, -0.2) is 52.9 Å². The van der Waals surface area contributed by atoms with Crippen LogP contribution in [0.15, 0.2) is 12.4 Å². The van der Waals surface area contributed by atoms with Crippen molar-refractivity contribution in [2.45, 2.75) is 26.4 Å². The molecule has 0 unspecified atom stereocenters. The number of aromatic nitrogens is 2. The van der Waals surface area contributed by atoms with E-state index in [0.717, 1.165) is 0 Å². The Labute approximate surface area is 123 Å². The van der Waals surface area contributed by atoms with Gasteiger partial charge in [0.05, 0.1) is 5.56 Å². The number of nitrogens with zero attached hydrogens (tertiary/aromatic N) is 3. The number of carbonyl (C=O) groups excluding carboxylic acids is 1. The lowest BCUT2D eigenvalue weighted by atomic mass is 10.2. The van der Waals surface area contributed by atoms with E-state index in [9.17, 15) is 9.59 Å². The van der Waals surface area contributed by atoms with Crippen LogP contribution >= 0.6 is 0 Å². The first-order chi connectivity index (χ1) is 9.69. The minimum absolute atomic E-state index is 0.0269. The van der Waals surface area contributed by atoms with Gasteiger partial charge in [0.2, 0.25) is 5.95 Å². The number of ether oxygens (including phenoxy) is 1. The van der Waals surface area contributed by atoms with Gasteiger partial charge < -0.3 is 20.1 Å². The van der Waals surface area contributed by atoms with Crippen LogP contribution in [0, 0.1) is 0 Å². The van der Waals surface area contributed by atoms with Crippen molar-refractivity contribution in [1.29, 1.82) is 0 Å². The van der Waals surface area contributed by atoms with Gasteiger partial charge in [-0.3, -0.25) is 0 Å². The van der Waals surface area contributed by atoms with Crippen molar-refractivity contribution in [2.75, 3.05) is 25.0 Å². The summed E-state index contributed by atoms with van der Waals surface area (Å²) in [6.45, 7) is 6.19. The number of nitrogens with one attached hydrogen (secondary N) is 1. The maximum atomic E-state index is 11.4. The second kappa shape index (κ2) is 6.87. The van der Waals surface area contributed by atoms with Crippen molar-refractivity contribution in [3.8, 4) is 0 Å². The lowest BCUT2D eigenvalue weighted by Gasteiger charge is -2.21. The van der Waals surface area contributed by atoms with Crippen LogP contribution < -0.4 is 10.2 Å². The Morgan fingerprint density at radius 2 is 1.90 bits per heavy atom. The SMILES string of the molecule is CN(CCNC(=O)OC(C)(C)C)c1ncc(C(=O)O)cn1. The predicted molar refractivity (Wildman–Crippen MR) is 76.5 cm³/mol. The van der Waals surface area contributed by atoms with Crippen molar-refractivity contribution < 1.29 is 19.4 Å². The molecule has 1 heterocycles. The summed E-state index contributed by atoms with van der Waals surface area (Å²) >= 11 is 0. The number of alkyl carbamates (subject to hydrolysis) is 1. The summed E-state index contributed by atoms with van der Waals surface area (Å²) in [5, 5.41) is 11.4. The van der Waals surface area contributed by atoms with Gasteiger partial charge in [-0.1, -0.05) is 0 Å². The molecule has 0 spiro atoms. The summed E-state index contributed by atoms with van der Waals surface area (Å²) in [6, 6.07) is 0. The zero-order chi connectivity index (χ0) is 16.0. The van der Waals surface area contributed by atoms with Gasteiger partial charge in [-0.2, -0.15) is 0 Å². The molecule has 0 atom stereocenters. The maximum absolute atomic E-state index is 11.4. The second-order valence-electron chi connectivity index (χ2n) is 5.43. The van der Waals surface area contributed by atoms with E-state index < -0.39 is 17.7 Å². The smallest absolute Gasteiger partial charge is 0.407 e. The molecule has 0 aromatic carbocycles. The summed E-state index contributed by atoms with van der Waals surface area (Å²) in [5.74, 6) is -0.693. The van der Waals surface area contributed by atoms with Crippen molar-refractivity contribution in [3.63, 3.8) is 0 Å². The van der Waals surface area contributed by atoms with Crippen molar-refractivity contribution in [2.24, 2.45) is 0 Å². The average Bonchev–Trinajstić information content (AvgIpc) is 2.36. The van der Waals surface area contributed by atoms with Gasteiger partial charge in [-0.25, -0.2) is 19.6 Å². The molecule has 0 aliphatic carbocycles. The van der Waals surface area contributed by atoms with E-state index in [1.54, 1.807) is 32.7 Å². The number of rotatable bonds is 5. The maximum Gasteiger partial charge on any atom is 0.407 e. The highest BCUT2D eigenvalue weighted by molar-refractivity contribution is 5.86. The largest absolute Gasteiger partial charge is 0.478 e. The molecular weight excluding hydrogens is 276 g/mol. The van der Waals surface area contributed by atoms with Gasteiger partial charge in [0.1, 0.15) is 5.60 Å². The molecule has 0 radical (unpaired) electrons. The summed E-state index contributed by atoms with van der Waals surface area (Å²) in [6.07, 6.45) is 1.99. The van der Waals surface area contributed by atoms with Crippen molar-refractivity contribution >= 4 is 18.0 Å². The van der Waals surface area contributed by atoms with Gasteiger partial charge in [-0.15, -0.1) is 0 Å². The van der Waals surface area contributed by atoms with Crippen LogP contribution in [0.25, 0.3) is 0 Å². The van der Waals surface area contributed by atoms with E-state index in [4.69, 9.17) is 9.84 Å². The van der Waals surface area contributed by atoms with Crippen LogP contribution in [0.4, 0.5) is 10.7 Å². The number of aromatic carboxylic acids is 1. The number of carboxylic acids is 1. The molecule has 21 heavy (non-hydrogen) atoms. The van der Waals surface area contributed by atoms with E-state index >= 15 is 0 Å². The third-order valence-electron chi connectivity index (χ3n) is 2.34. The monoisotopic (exact) mass is 296 g/mol. The first kappa shape index (κ1) is 16.7. The molecule has 0 fully saturated rings. The van der Waals surface area contributed by atoms with Gasteiger partial charge in [0.25, 0.3) is 0 Å². The topological polar surface area (TPSA) is 105 Å². The van der Waals surface area contributed by atoms with Gasteiger partial charge in [0, 0.05) is 32.5 Å². The lowest BCUT2D eigenvalue weighted by molar-refractivity contribution is 0.0528. The second-order valence-corrected chi connectivity index (χ2v) is 5.43. The molecule has 2 N–H and O–H groups in total. The molecule has 0 aliphatic rings. The summed E-state index contributed by atoms with van der Waals surface area (Å²) < 4.78 is 5.10. The number of amides is 1. The van der Waals surface area contributed by atoms with Crippen LogP contribution in [0.2, 0.25) is 0 Å². The molecule has 1 aromatic rings. The number of carboxylic acid groups (broad SMARTS) is 1. The van der Waals surface area contributed by atoms with E-state index in [1.807, 2.05) is 0 Å². The molecule has 0 saturated carbocycles. The van der Waals surface area contributed by atoms with Crippen LogP contribution in [0.3, 0.4) is 0 Å². The molecule has 0 saturated heterocycles. The first-order valence-electron chi connectivity index (χ1n) is 6.42. The standard InChI is InChI=1S/C13H20N4O4/c1-13(2,3)21-12(20)14-5-6-17(4)11-15-7-9(8-16-11)10(18)19/h7-8H,5-6H2,1-4H3,(H,14,20)(H,18,19). The Bertz CT molecular complexity index is 496. The molecule has 8 nitrogen and oxygen atoms in total.